The Morgan fingerprint density at radius 1 is 1.05 bits per heavy atom. The van der Waals surface area contributed by atoms with E-state index in [0.29, 0.717) is 61.4 Å². The van der Waals surface area contributed by atoms with Gasteiger partial charge in [-0.25, -0.2) is 18.1 Å². The molecule has 12 heteroatoms. The van der Waals surface area contributed by atoms with Gasteiger partial charge in [-0.15, -0.1) is 0 Å². The van der Waals surface area contributed by atoms with Crippen LogP contribution in [0.4, 0.5) is 0 Å². The minimum Gasteiger partial charge on any atom is -0.496 e. The normalized spacial score (nSPS) is 17.8. The highest BCUT2D eigenvalue weighted by molar-refractivity contribution is 7.89. The third kappa shape index (κ3) is 4.09. The molecule has 0 aliphatic carbocycles. The van der Waals surface area contributed by atoms with Crippen LogP contribution in [0.1, 0.15) is 12.8 Å². The predicted molar refractivity (Wildman–Crippen MR) is 139 cm³/mol. The molecule has 0 radical (unpaired) electrons. The number of benzene rings is 2. The minimum atomic E-state index is -3.78. The lowest BCUT2D eigenvalue weighted by atomic mass is 10.1. The fraction of sp³-hybridized carbons (Fsp3) is 0.346. The average Bonchev–Trinajstić information content (AvgIpc) is 3.53. The molecule has 0 unspecified atom stereocenters. The number of aryl methyl sites for hydroxylation is 1. The van der Waals surface area contributed by atoms with E-state index in [1.165, 1.54) is 23.5 Å². The van der Waals surface area contributed by atoms with E-state index in [4.69, 9.17) is 14.2 Å². The molecule has 1 spiro atoms. The molecule has 4 heterocycles. The fourth-order valence-corrected chi connectivity index (χ4v) is 6.57. The maximum Gasteiger partial charge on any atom is 0.262 e. The van der Waals surface area contributed by atoms with Gasteiger partial charge in [-0.05, 0) is 12.1 Å². The molecule has 0 atom stereocenters. The second kappa shape index (κ2) is 9.31. The van der Waals surface area contributed by atoms with Crippen molar-refractivity contribution in [2.75, 3.05) is 33.4 Å². The fourth-order valence-electron chi connectivity index (χ4n) is 5.11. The maximum atomic E-state index is 13.4. The summed E-state index contributed by atoms with van der Waals surface area (Å²) in [5, 5.41) is 4.90. The van der Waals surface area contributed by atoms with E-state index >= 15 is 0 Å². The Bertz CT molecular complexity index is 1670. The number of H-pyrrole nitrogens is 1. The van der Waals surface area contributed by atoms with Crippen LogP contribution in [0.2, 0.25) is 0 Å². The number of aromatic nitrogens is 4. The first-order valence-corrected chi connectivity index (χ1v) is 13.7. The van der Waals surface area contributed by atoms with Crippen LogP contribution in [0.15, 0.2) is 58.2 Å². The molecule has 198 valence electrons. The van der Waals surface area contributed by atoms with Crippen LogP contribution in [-0.4, -0.2) is 71.7 Å². The Hall–Kier alpha value is -3.58. The van der Waals surface area contributed by atoms with Gasteiger partial charge in [-0.3, -0.25) is 4.79 Å². The van der Waals surface area contributed by atoms with Crippen LogP contribution in [0.5, 0.6) is 5.75 Å². The molecule has 11 nitrogen and oxygen atoms in total. The number of ether oxygens (including phenoxy) is 3. The third-order valence-electron chi connectivity index (χ3n) is 7.10. The van der Waals surface area contributed by atoms with Gasteiger partial charge in [-0.1, -0.05) is 30.3 Å². The number of sulfonamides is 1. The van der Waals surface area contributed by atoms with Crippen molar-refractivity contribution in [3.63, 3.8) is 0 Å². The summed E-state index contributed by atoms with van der Waals surface area (Å²) in [4.78, 5) is 20.8. The Labute approximate surface area is 219 Å². The van der Waals surface area contributed by atoms with Crippen molar-refractivity contribution in [3.8, 4) is 28.4 Å². The second-order valence-electron chi connectivity index (χ2n) is 9.33. The molecule has 2 aliphatic rings. The van der Waals surface area contributed by atoms with Gasteiger partial charge >= 0.3 is 0 Å². The lowest BCUT2D eigenvalue weighted by Gasteiger charge is -2.36. The SMILES string of the molecule is COc1cc(S(=O)(=O)N2CCC3(CC2)OCCO3)ccc1-c1nc2c(c(-c3ccccc3)nn2C)c(=O)[nH]1. The first-order valence-electron chi connectivity index (χ1n) is 12.3. The molecule has 1 N–H and O–H groups in total. The van der Waals surface area contributed by atoms with Gasteiger partial charge in [0.1, 0.15) is 22.7 Å². The summed E-state index contributed by atoms with van der Waals surface area (Å²) >= 11 is 0. The van der Waals surface area contributed by atoms with Crippen molar-refractivity contribution in [1.82, 2.24) is 24.1 Å². The van der Waals surface area contributed by atoms with Gasteiger partial charge in [0.15, 0.2) is 11.4 Å². The first kappa shape index (κ1) is 24.7. The number of aromatic amines is 1. The summed E-state index contributed by atoms with van der Waals surface area (Å²) in [5.41, 5.74) is 1.85. The van der Waals surface area contributed by atoms with Gasteiger partial charge in [0.2, 0.25) is 10.0 Å². The molecule has 2 aromatic carbocycles. The summed E-state index contributed by atoms with van der Waals surface area (Å²) in [6.45, 7) is 1.64. The number of methoxy groups -OCH3 is 1. The molecule has 0 amide bonds. The van der Waals surface area contributed by atoms with E-state index in [1.54, 1.807) is 17.8 Å². The van der Waals surface area contributed by atoms with E-state index in [-0.39, 0.29) is 22.0 Å². The largest absolute Gasteiger partial charge is 0.496 e. The molecular formula is C26H27N5O6S. The van der Waals surface area contributed by atoms with Crippen molar-refractivity contribution < 1.29 is 22.6 Å². The molecule has 2 aromatic heterocycles. The predicted octanol–water partition coefficient (Wildman–Crippen LogP) is 2.53. The van der Waals surface area contributed by atoms with Crippen LogP contribution in [0.3, 0.4) is 0 Å². The van der Waals surface area contributed by atoms with Gasteiger partial charge in [0, 0.05) is 44.6 Å². The van der Waals surface area contributed by atoms with Crippen molar-refractivity contribution in [2.45, 2.75) is 23.5 Å². The number of hydrogen-bond acceptors (Lipinski definition) is 8. The highest BCUT2D eigenvalue weighted by Gasteiger charge is 2.42. The number of nitrogens with one attached hydrogen (secondary N) is 1. The number of piperidine rings is 1. The lowest BCUT2D eigenvalue weighted by molar-refractivity contribution is -0.179. The summed E-state index contributed by atoms with van der Waals surface area (Å²) in [6, 6.07) is 14.0. The monoisotopic (exact) mass is 537 g/mol. The number of nitrogens with zero attached hydrogens (tertiary/aromatic N) is 4. The van der Waals surface area contributed by atoms with Gasteiger partial charge < -0.3 is 19.2 Å². The molecule has 2 fully saturated rings. The van der Waals surface area contributed by atoms with Gasteiger partial charge in [-0.2, -0.15) is 9.40 Å². The van der Waals surface area contributed by atoms with Crippen LogP contribution >= 0.6 is 0 Å². The van der Waals surface area contributed by atoms with Crippen LogP contribution in [-0.2, 0) is 26.5 Å². The van der Waals surface area contributed by atoms with Crippen molar-refractivity contribution in [3.05, 3.63) is 58.9 Å². The minimum absolute atomic E-state index is 0.0950. The Balaban J connectivity index is 1.35. The number of rotatable bonds is 5. The molecule has 2 saturated heterocycles. The maximum absolute atomic E-state index is 13.4. The Morgan fingerprint density at radius 3 is 2.45 bits per heavy atom. The smallest absolute Gasteiger partial charge is 0.262 e. The topological polar surface area (TPSA) is 129 Å². The van der Waals surface area contributed by atoms with Crippen LogP contribution in [0, 0.1) is 0 Å². The zero-order valence-electron chi connectivity index (χ0n) is 21.0. The van der Waals surface area contributed by atoms with Gasteiger partial charge in [0.25, 0.3) is 5.56 Å². The van der Waals surface area contributed by atoms with E-state index in [2.05, 4.69) is 15.1 Å². The summed E-state index contributed by atoms with van der Waals surface area (Å²) in [6.07, 6.45) is 0.949. The van der Waals surface area contributed by atoms with Crippen LogP contribution < -0.4 is 10.3 Å². The molecule has 38 heavy (non-hydrogen) atoms. The molecule has 4 aromatic rings. The average molecular weight is 538 g/mol. The highest BCUT2D eigenvalue weighted by Crippen LogP contribution is 2.36. The molecular weight excluding hydrogens is 510 g/mol. The lowest BCUT2D eigenvalue weighted by Crippen LogP contribution is -2.47. The van der Waals surface area contributed by atoms with Crippen molar-refractivity contribution in [2.24, 2.45) is 7.05 Å². The summed E-state index contributed by atoms with van der Waals surface area (Å²) in [5.74, 6) is -0.146. The second-order valence-corrected chi connectivity index (χ2v) is 11.3. The molecule has 2 aliphatic heterocycles. The van der Waals surface area contributed by atoms with E-state index in [9.17, 15) is 13.2 Å². The van der Waals surface area contributed by atoms with Crippen molar-refractivity contribution in [1.29, 1.82) is 0 Å². The van der Waals surface area contributed by atoms with Crippen LogP contribution in [0.25, 0.3) is 33.7 Å². The molecule has 0 bridgehead atoms. The number of hydrogen-bond donors (Lipinski definition) is 1. The third-order valence-corrected chi connectivity index (χ3v) is 9.00. The van der Waals surface area contributed by atoms with E-state index in [0.717, 1.165) is 5.56 Å². The van der Waals surface area contributed by atoms with E-state index < -0.39 is 15.8 Å². The zero-order valence-corrected chi connectivity index (χ0v) is 21.8. The van der Waals surface area contributed by atoms with Gasteiger partial charge in [0.05, 0.1) is 30.8 Å². The highest BCUT2D eigenvalue weighted by atomic mass is 32.2. The molecule has 6 rings (SSSR count). The first-order chi connectivity index (χ1) is 18.3. The summed E-state index contributed by atoms with van der Waals surface area (Å²) < 4.78 is 46.8. The zero-order chi connectivity index (χ0) is 26.5. The quantitative estimate of drug-likeness (QED) is 0.411. The standard InChI is InChI=1S/C26H27N5O6S/c1-30-24-21(22(29-30)17-6-4-3-5-7-17)25(32)28-23(27-24)19-9-8-18(16-20(19)35-2)38(33,34)31-12-10-26(11-13-31)36-14-15-37-26/h3-9,16H,10-15H2,1-2H3,(H,27,28,32). The van der Waals surface area contributed by atoms with E-state index in [1.807, 2.05) is 30.3 Å². The number of fused-ring (bicyclic) bond motifs is 1. The Morgan fingerprint density at radius 2 is 1.76 bits per heavy atom. The Kier molecular flexibility index (Phi) is 6.06. The van der Waals surface area contributed by atoms with Crippen molar-refractivity contribution >= 4 is 21.1 Å². The summed E-state index contributed by atoms with van der Waals surface area (Å²) in [7, 11) is -0.609. The molecule has 0 saturated carbocycles.